The predicted octanol–water partition coefficient (Wildman–Crippen LogP) is 2.97. The van der Waals surface area contributed by atoms with E-state index >= 15 is 0 Å². The number of rotatable bonds is 4. The minimum atomic E-state index is -1.43. The van der Waals surface area contributed by atoms with Gasteiger partial charge in [-0.1, -0.05) is 0 Å². The minimum Gasteiger partial charge on any atom is -0.478 e. The van der Waals surface area contributed by atoms with Gasteiger partial charge in [0.1, 0.15) is 20.9 Å². The first-order valence-corrected chi connectivity index (χ1v) is 8.14. The molecule has 0 spiro atoms. The first-order valence-electron chi connectivity index (χ1n) is 5.69. The smallest absolute Gasteiger partial charge is 0.346 e. The van der Waals surface area contributed by atoms with Gasteiger partial charge in [-0.15, -0.1) is 34.0 Å². The van der Waals surface area contributed by atoms with E-state index in [1.54, 1.807) is 0 Å². The van der Waals surface area contributed by atoms with Crippen molar-refractivity contribution in [3.8, 4) is 0 Å². The van der Waals surface area contributed by atoms with Crippen molar-refractivity contribution in [2.75, 3.05) is 0 Å². The van der Waals surface area contributed by atoms with E-state index in [1.165, 1.54) is 0 Å². The molecule has 23 heavy (non-hydrogen) atoms. The average molecular weight is 372 g/mol. The Balaban J connectivity index is 2.49. The standard InChI is InChI=1S/C12H4O8S3/c13-9(14)1-3-7(22-5(1)11(17)18)8-4(21-3)2(10(15)16)6(23-8)12(19)20/h(H,13,14)(H,15,16)(H,17,18)(H,19,20). The van der Waals surface area contributed by atoms with Gasteiger partial charge in [0.05, 0.1) is 18.8 Å². The van der Waals surface area contributed by atoms with Gasteiger partial charge in [0.25, 0.3) is 0 Å². The van der Waals surface area contributed by atoms with Crippen molar-refractivity contribution in [2.24, 2.45) is 0 Å². The highest BCUT2D eigenvalue weighted by molar-refractivity contribution is 7.40. The summed E-state index contributed by atoms with van der Waals surface area (Å²) in [5.74, 6) is -5.68. The first kappa shape index (κ1) is 15.4. The number of hydrogen-bond donors (Lipinski definition) is 4. The van der Waals surface area contributed by atoms with Gasteiger partial charge in [0, 0.05) is 0 Å². The van der Waals surface area contributed by atoms with Crippen molar-refractivity contribution >= 4 is 76.7 Å². The monoisotopic (exact) mass is 372 g/mol. The molecule has 3 rings (SSSR count). The van der Waals surface area contributed by atoms with Crippen LogP contribution in [0.5, 0.6) is 0 Å². The summed E-state index contributed by atoms with van der Waals surface area (Å²) < 4.78 is 0.834. The topological polar surface area (TPSA) is 149 Å². The predicted molar refractivity (Wildman–Crippen MR) is 82.9 cm³/mol. The number of hydrogen-bond acceptors (Lipinski definition) is 7. The van der Waals surface area contributed by atoms with E-state index in [9.17, 15) is 29.4 Å². The maximum atomic E-state index is 11.3. The van der Waals surface area contributed by atoms with E-state index in [0.717, 1.165) is 11.3 Å². The minimum absolute atomic E-state index is 0.139. The number of fused-ring (bicyclic) bond motifs is 3. The van der Waals surface area contributed by atoms with Crippen LogP contribution in [-0.4, -0.2) is 44.3 Å². The highest BCUT2D eigenvalue weighted by Gasteiger charge is 2.31. The number of aromatic carboxylic acids is 4. The quantitative estimate of drug-likeness (QED) is 0.546. The van der Waals surface area contributed by atoms with Crippen molar-refractivity contribution in [3.05, 3.63) is 20.9 Å². The highest BCUT2D eigenvalue weighted by atomic mass is 32.1. The fourth-order valence-corrected chi connectivity index (χ4v) is 6.25. The summed E-state index contributed by atoms with van der Waals surface area (Å²) in [5.41, 5.74) is -0.807. The maximum absolute atomic E-state index is 11.3. The second-order valence-corrected chi connectivity index (χ2v) is 7.31. The molecule has 0 fully saturated rings. The van der Waals surface area contributed by atoms with Gasteiger partial charge in [-0.2, -0.15) is 0 Å². The van der Waals surface area contributed by atoms with E-state index in [4.69, 9.17) is 10.2 Å². The van der Waals surface area contributed by atoms with Crippen LogP contribution in [0.25, 0.3) is 18.8 Å². The second kappa shape index (κ2) is 5.01. The molecule has 0 atom stereocenters. The SMILES string of the molecule is O=C(O)c1sc2c(sc3c(C(=O)O)c(C(=O)O)sc32)c1C(=O)O. The molecule has 0 aromatic carbocycles. The van der Waals surface area contributed by atoms with Crippen LogP contribution in [0.3, 0.4) is 0 Å². The number of thiophene rings is 3. The van der Waals surface area contributed by atoms with Crippen LogP contribution >= 0.6 is 34.0 Å². The van der Waals surface area contributed by atoms with Crippen LogP contribution < -0.4 is 0 Å². The Morgan fingerprint density at radius 2 is 0.870 bits per heavy atom. The van der Waals surface area contributed by atoms with Crippen LogP contribution in [0.2, 0.25) is 0 Å². The molecule has 3 aromatic heterocycles. The van der Waals surface area contributed by atoms with Gasteiger partial charge >= 0.3 is 23.9 Å². The molecule has 0 radical (unpaired) electrons. The third-order valence-corrected chi connectivity index (χ3v) is 6.96. The van der Waals surface area contributed by atoms with Crippen molar-refractivity contribution in [1.29, 1.82) is 0 Å². The van der Waals surface area contributed by atoms with E-state index in [-0.39, 0.29) is 28.6 Å². The molecule has 3 heterocycles. The van der Waals surface area contributed by atoms with Gasteiger partial charge in [0.15, 0.2) is 0 Å². The summed E-state index contributed by atoms with van der Waals surface area (Å²) in [6.07, 6.45) is 0. The summed E-state index contributed by atoms with van der Waals surface area (Å²) >= 11 is 2.17. The van der Waals surface area contributed by atoms with Crippen LogP contribution in [0, 0.1) is 0 Å². The number of carboxylic acids is 4. The Bertz CT molecular complexity index is 953. The summed E-state index contributed by atoms with van der Waals surface area (Å²) in [6.45, 7) is 0. The summed E-state index contributed by atoms with van der Waals surface area (Å²) in [6, 6.07) is 0. The normalized spacial score (nSPS) is 11.1. The highest BCUT2D eigenvalue weighted by Crippen LogP contribution is 2.48. The molecular weight excluding hydrogens is 368 g/mol. The van der Waals surface area contributed by atoms with Gasteiger partial charge in [-0.05, 0) is 0 Å². The Hall–Kier alpha value is -2.50. The van der Waals surface area contributed by atoms with Crippen LogP contribution in [0.1, 0.15) is 40.1 Å². The molecule has 8 nitrogen and oxygen atoms in total. The molecule has 0 aliphatic rings. The molecule has 3 aromatic rings. The second-order valence-electron chi connectivity index (χ2n) is 4.25. The molecule has 0 saturated carbocycles. The van der Waals surface area contributed by atoms with E-state index in [1.807, 2.05) is 0 Å². The fraction of sp³-hybridized carbons (Fsp3) is 0. The fourth-order valence-electron chi connectivity index (χ4n) is 2.12. The summed E-state index contributed by atoms with van der Waals surface area (Å²) in [7, 11) is 0. The Morgan fingerprint density at radius 3 is 1.13 bits per heavy atom. The lowest BCUT2D eigenvalue weighted by atomic mass is 10.2. The van der Waals surface area contributed by atoms with Crippen LogP contribution in [0.4, 0.5) is 0 Å². The van der Waals surface area contributed by atoms with E-state index < -0.39 is 35.0 Å². The zero-order chi connectivity index (χ0) is 17.0. The van der Waals surface area contributed by atoms with Crippen molar-refractivity contribution in [3.63, 3.8) is 0 Å². The lowest BCUT2D eigenvalue weighted by Crippen LogP contribution is -2.04. The Kier molecular flexibility index (Phi) is 3.35. The molecule has 118 valence electrons. The third kappa shape index (κ3) is 2.09. The molecule has 11 heteroatoms. The van der Waals surface area contributed by atoms with E-state index in [0.29, 0.717) is 22.7 Å². The lowest BCUT2D eigenvalue weighted by Gasteiger charge is -1.94. The summed E-state index contributed by atoms with van der Waals surface area (Å²) in [4.78, 5) is 44.3. The lowest BCUT2D eigenvalue weighted by molar-refractivity contribution is 0.0657. The van der Waals surface area contributed by atoms with Gasteiger partial charge in [-0.25, -0.2) is 19.2 Å². The van der Waals surface area contributed by atoms with Crippen molar-refractivity contribution in [1.82, 2.24) is 0 Å². The average Bonchev–Trinajstić information content (AvgIpc) is 3.03. The first-order chi connectivity index (χ1) is 10.7. The van der Waals surface area contributed by atoms with Crippen LogP contribution in [0.15, 0.2) is 0 Å². The Labute approximate surface area is 137 Å². The van der Waals surface area contributed by atoms with Gasteiger partial charge in [-0.3, -0.25) is 0 Å². The van der Waals surface area contributed by atoms with Gasteiger partial charge < -0.3 is 20.4 Å². The molecule has 0 aliphatic carbocycles. The molecule has 0 bridgehead atoms. The third-order valence-electron chi connectivity index (χ3n) is 2.96. The van der Waals surface area contributed by atoms with Crippen molar-refractivity contribution in [2.45, 2.75) is 0 Å². The number of carbonyl (C=O) groups is 4. The molecule has 0 amide bonds. The summed E-state index contributed by atoms with van der Waals surface area (Å²) in [5, 5.41) is 36.7. The zero-order valence-corrected chi connectivity index (χ0v) is 13.1. The Morgan fingerprint density at radius 1 is 0.522 bits per heavy atom. The van der Waals surface area contributed by atoms with E-state index in [2.05, 4.69) is 0 Å². The maximum Gasteiger partial charge on any atom is 0.346 e. The largest absolute Gasteiger partial charge is 0.478 e. The molecule has 0 unspecified atom stereocenters. The van der Waals surface area contributed by atoms with Crippen molar-refractivity contribution < 1.29 is 39.6 Å². The zero-order valence-electron chi connectivity index (χ0n) is 10.6. The molecule has 0 aliphatic heterocycles. The van der Waals surface area contributed by atoms with Gasteiger partial charge in [0.2, 0.25) is 0 Å². The molecular formula is C12H4O8S3. The van der Waals surface area contributed by atoms with Crippen LogP contribution in [-0.2, 0) is 0 Å². The molecule has 0 saturated heterocycles. The number of carboxylic acid groups (broad SMARTS) is 4. The molecule has 4 N–H and O–H groups in total.